The quantitative estimate of drug-likeness (QED) is 0.842. The zero-order valence-corrected chi connectivity index (χ0v) is 10.5. The van der Waals surface area contributed by atoms with Crippen molar-refractivity contribution in [2.75, 3.05) is 0 Å². The van der Waals surface area contributed by atoms with Crippen LogP contribution in [0.5, 0.6) is 5.75 Å². The molecule has 0 saturated heterocycles. The molecule has 0 aliphatic rings. The first-order valence-electron chi connectivity index (χ1n) is 4.38. The summed E-state index contributed by atoms with van der Waals surface area (Å²) in [7, 11) is 0. The monoisotopic (exact) mass is 357 g/mol. The van der Waals surface area contributed by atoms with Gasteiger partial charge in [-0.15, -0.1) is 13.2 Å². The lowest BCUT2D eigenvalue weighted by atomic mass is 10.1. The van der Waals surface area contributed by atoms with E-state index in [0.717, 1.165) is 0 Å². The fraction of sp³-hybridized carbons (Fsp3) is 0.333. The molecule has 0 saturated carbocycles. The number of alkyl halides is 3. The standard InChI is InChI=1S/C9H7F3IN3O/c10-9(11,12)17-8-5(3-15)7(1-2-14)16-4-6(8)13/h4H,1,3,15H2. The first-order chi connectivity index (χ1) is 7.89. The molecule has 0 amide bonds. The Morgan fingerprint density at radius 1 is 1.53 bits per heavy atom. The Labute approximate surface area is 109 Å². The summed E-state index contributed by atoms with van der Waals surface area (Å²) < 4.78 is 40.7. The number of nitrogens with two attached hydrogens (primary N) is 1. The molecule has 0 unspecified atom stereocenters. The largest absolute Gasteiger partial charge is 0.573 e. The Kier molecular flexibility index (Phi) is 4.53. The van der Waals surface area contributed by atoms with Crippen LogP contribution in [-0.4, -0.2) is 11.3 Å². The molecule has 92 valence electrons. The van der Waals surface area contributed by atoms with Crippen molar-refractivity contribution in [3.8, 4) is 11.8 Å². The normalized spacial score (nSPS) is 11.1. The predicted octanol–water partition coefficient (Wildman–Crippen LogP) is 2.11. The molecule has 0 bridgehead atoms. The molecule has 2 N–H and O–H groups in total. The summed E-state index contributed by atoms with van der Waals surface area (Å²) in [6, 6.07) is 1.81. The van der Waals surface area contributed by atoms with Crippen LogP contribution in [0, 0.1) is 14.9 Å². The summed E-state index contributed by atoms with van der Waals surface area (Å²) in [4.78, 5) is 3.87. The van der Waals surface area contributed by atoms with Crippen LogP contribution in [0.3, 0.4) is 0 Å². The molecule has 4 nitrogen and oxygen atoms in total. The maximum Gasteiger partial charge on any atom is 0.573 e. The number of rotatable bonds is 3. The van der Waals surface area contributed by atoms with Crippen LogP contribution in [0.25, 0.3) is 0 Å². The molecule has 1 heterocycles. The average Bonchev–Trinajstić information content (AvgIpc) is 2.22. The molecule has 0 fully saturated rings. The first-order valence-corrected chi connectivity index (χ1v) is 5.46. The Balaban J connectivity index is 3.26. The van der Waals surface area contributed by atoms with Crippen LogP contribution < -0.4 is 10.5 Å². The molecule has 8 heteroatoms. The minimum absolute atomic E-state index is 0.107. The van der Waals surface area contributed by atoms with Crippen molar-refractivity contribution >= 4 is 22.6 Å². The van der Waals surface area contributed by atoms with E-state index in [4.69, 9.17) is 11.0 Å². The fourth-order valence-electron chi connectivity index (χ4n) is 1.21. The maximum absolute atomic E-state index is 12.2. The summed E-state index contributed by atoms with van der Waals surface area (Å²) in [6.45, 7) is -0.174. The highest BCUT2D eigenvalue weighted by Crippen LogP contribution is 2.32. The van der Waals surface area contributed by atoms with Crippen molar-refractivity contribution in [1.29, 1.82) is 5.26 Å². The number of pyridine rings is 1. The van der Waals surface area contributed by atoms with Gasteiger partial charge in [0.2, 0.25) is 0 Å². The minimum atomic E-state index is -4.80. The zero-order chi connectivity index (χ0) is 13.1. The average molecular weight is 357 g/mol. The molecular weight excluding hydrogens is 350 g/mol. The molecule has 0 radical (unpaired) electrons. The molecule has 0 aliphatic heterocycles. The smallest absolute Gasteiger partial charge is 0.404 e. The van der Waals surface area contributed by atoms with Crippen LogP contribution in [-0.2, 0) is 13.0 Å². The van der Waals surface area contributed by atoms with E-state index in [1.54, 1.807) is 22.6 Å². The molecule has 17 heavy (non-hydrogen) atoms. The van der Waals surface area contributed by atoms with E-state index < -0.39 is 6.36 Å². The van der Waals surface area contributed by atoms with Gasteiger partial charge in [-0.25, -0.2) is 0 Å². The summed E-state index contributed by atoms with van der Waals surface area (Å²) in [6.07, 6.45) is -3.69. The van der Waals surface area contributed by atoms with Gasteiger partial charge in [-0.05, 0) is 22.6 Å². The highest BCUT2D eigenvalue weighted by atomic mass is 127. The topological polar surface area (TPSA) is 71.9 Å². The summed E-state index contributed by atoms with van der Waals surface area (Å²) in [5.74, 6) is -0.374. The molecule has 1 aromatic heterocycles. The Bertz CT molecular complexity index is 456. The van der Waals surface area contributed by atoms with Crippen molar-refractivity contribution in [2.24, 2.45) is 5.73 Å². The number of ether oxygens (including phenoxy) is 1. The maximum atomic E-state index is 12.2. The van der Waals surface area contributed by atoms with Crippen molar-refractivity contribution in [1.82, 2.24) is 4.98 Å². The number of nitriles is 1. The zero-order valence-electron chi connectivity index (χ0n) is 8.38. The molecule has 0 atom stereocenters. The van der Waals surface area contributed by atoms with Crippen LogP contribution in [0.2, 0.25) is 0 Å². The van der Waals surface area contributed by atoms with Gasteiger partial charge in [0.1, 0.15) is 0 Å². The Morgan fingerprint density at radius 2 is 2.18 bits per heavy atom. The van der Waals surface area contributed by atoms with Crippen molar-refractivity contribution in [2.45, 2.75) is 19.3 Å². The van der Waals surface area contributed by atoms with Gasteiger partial charge in [0.05, 0.1) is 21.8 Å². The van der Waals surface area contributed by atoms with Gasteiger partial charge in [-0.3, -0.25) is 4.98 Å². The highest BCUT2D eigenvalue weighted by Gasteiger charge is 2.33. The van der Waals surface area contributed by atoms with Crippen LogP contribution in [0.15, 0.2) is 6.20 Å². The number of halogens is 4. The van der Waals surface area contributed by atoms with Crippen molar-refractivity contribution < 1.29 is 17.9 Å². The SMILES string of the molecule is N#CCc1ncc(I)c(OC(F)(F)F)c1CN. The summed E-state index contributed by atoms with van der Waals surface area (Å²) in [5.41, 5.74) is 5.68. The van der Waals surface area contributed by atoms with Gasteiger partial charge < -0.3 is 10.5 Å². The molecule has 0 aliphatic carbocycles. The third kappa shape index (κ3) is 3.71. The Hall–Kier alpha value is -1.08. The number of hydrogen-bond donors (Lipinski definition) is 1. The van der Waals surface area contributed by atoms with Gasteiger partial charge in [0.25, 0.3) is 0 Å². The molecule has 1 aromatic rings. The van der Waals surface area contributed by atoms with E-state index in [2.05, 4.69) is 9.72 Å². The minimum Gasteiger partial charge on any atom is -0.404 e. The lowest BCUT2D eigenvalue weighted by Crippen LogP contribution is -2.20. The third-order valence-corrected chi connectivity index (χ3v) is 2.61. The van der Waals surface area contributed by atoms with E-state index in [-0.39, 0.29) is 33.5 Å². The fourth-order valence-corrected chi connectivity index (χ4v) is 1.79. The van der Waals surface area contributed by atoms with E-state index in [1.165, 1.54) is 6.20 Å². The second kappa shape index (κ2) is 5.50. The number of nitrogens with zero attached hydrogens (tertiary/aromatic N) is 2. The number of hydrogen-bond acceptors (Lipinski definition) is 4. The lowest BCUT2D eigenvalue weighted by Gasteiger charge is -2.15. The summed E-state index contributed by atoms with van der Waals surface area (Å²) >= 11 is 1.67. The van der Waals surface area contributed by atoms with E-state index in [1.807, 2.05) is 6.07 Å². The second-order valence-corrected chi connectivity index (χ2v) is 4.11. The van der Waals surface area contributed by atoms with Crippen molar-refractivity contribution in [3.05, 3.63) is 21.0 Å². The molecular formula is C9H7F3IN3O. The molecule has 1 rings (SSSR count). The second-order valence-electron chi connectivity index (χ2n) is 2.95. The number of aromatic nitrogens is 1. The van der Waals surface area contributed by atoms with E-state index >= 15 is 0 Å². The van der Waals surface area contributed by atoms with Gasteiger partial charge in [0.15, 0.2) is 5.75 Å². The summed E-state index contributed by atoms with van der Waals surface area (Å²) in [5, 5.41) is 8.54. The van der Waals surface area contributed by atoms with Gasteiger partial charge in [-0.2, -0.15) is 5.26 Å². The first kappa shape index (κ1) is 14.0. The highest BCUT2D eigenvalue weighted by molar-refractivity contribution is 14.1. The molecule has 0 aromatic carbocycles. The van der Waals surface area contributed by atoms with Gasteiger partial charge >= 0.3 is 6.36 Å². The lowest BCUT2D eigenvalue weighted by molar-refractivity contribution is -0.275. The van der Waals surface area contributed by atoms with E-state index in [0.29, 0.717) is 0 Å². The molecule has 0 spiro atoms. The van der Waals surface area contributed by atoms with Gasteiger partial charge in [0, 0.05) is 18.3 Å². The van der Waals surface area contributed by atoms with Crippen LogP contribution >= 0.6 is 22.6 Å². The van der Waals surface area contributed by atoms with Crippen LogP contribution in [0.1, 0.15) is 11.3 Å². The van der Waals surface area contributed by atoms with Gasteiger partial charge in [-0.1, -0.05) is 0 Å². The van der Waals surface area contributed by atoms with Crippen molar-refractivity contribution in [3.63, 3.8) is 0 Å². The van der Waals surface area contributed by atoms with E-state index in [9.17, 15) is 13.2 Å². The van der Waals surface area contributed by atoms with Crippen LogP contribution in [0.4, 0.5) is 13.2 Å². The predicted molar refractivity (Wildman–Crippen MR) is 60.8 cm³/mol. The Morgan fingerprint density at radius 3 is 2.65 bits per heavy atom. The third-order valence-electron chi connectivity index (χ3n) is 1.84.